The topological polar surface area (TPSA) is 50.4 Å². The molecule has 0 aliphatic heterocycles. The number of amides is 2. The van der Waals surface area contributed by atoms with Crippen molar-refractivity contribution in [2.75, 3.05) is 13.7 Å². The number of aryl methyl sites for hydroxylation is 1. The molecule has 2 rings (SSSR count). The molecule has 1 aliphatic carbocycles. The number of ether oxygens (including phenoxy) is 1. The summed E-state index contributed by atoms with van der Waals surface area (Å²) in [6.45, 7) is 4.78. The van der Waals surface area contributed by atoms with Crippen LogP contribution in [0.1, 0.15) is 56.2 Å². The van der Waals surface area contributed by atoms with E-state index in [9.17, 15) is 4.79 Å². The van der Waals surface area contributed by atoms with Crippen molar-refractivity contribution in [1.82, 2.24) is 10.6 Å². The third-order valence-corrected chi connectivity index (χ3v) is 4.51. The molecule has 4 heteroatoms. The maximum atomic E-state index is 12.0. The minimum Gasteiger partial charge on any atom is -0.496 e. The van der Waals surface area contributed by atoms with Crippen LogP contribution in [0.25, 0.3) is 0 Å². The predicted molar refractivity (Wildman–Crippen MR) is 89.3 cm³/mol. The molecule has 0 heterocycles. The van der Waals surface area contributed by atoms with Gasteiger partial charge in [-0.25, -0.2) is 4.79 Å². The smallest absolute Gasteiger partial charge is 0.315 e. The van der Waals surface area contributed by atoms with E-state index in [4.69, 9.17) is 4.74 Å². The van der Waals surface area contributed by atoms with Crippen LogP contribution in [0, 0.1) is 12.8 Å². The lowest BCUT2D eigenvalue weighted by Crippen LogP contribution is -2.38. The molecular weight excluding hydrogens is 276 g/mol. The molecule has 122 valence electrons. The first kappa shape index (κ1) is 16.7. The van der Waals surface area contributed by atoms with Crippen LogP contribution in [-0.4, -0.2) is 19.7 Å². The zero-order valence-corrected chi connectivity index (χ0v) is 13.9. The second-order valence-corrected chi connectivity index (χ2v) is 6.31. The predicted octanol–water partition coefficient (Wildman–Crippen LogP) is 3.94. The quantitative estimate of drug-likeness (QED) is 0.836. The first-order chi connectivity index (χ1) is 10.6. The summed E-state index contributed by atoms with van der Waals surface area (Å²) in [6.07, 6.45) is 6.43. The van der Waals surface area contributed by atoms with Crippen molar-refractivity contribution in [1.29, 1.82) is 0 Å². The summed E-state index contributed by atoms with van der Waals surface area (Å²) in [5.41, 5.74) is 2.17. The van der Waals surface area contributed by atoms with Gasteiger partial charge in [-0.1, -0.05) is 43.4 Å². The lowest BCUT2D eigenvalue weighted by molar-refractivity contribution is 0.237. The Hall–Kier alpha value is -1.71. The molecule has 22 heavy (non-hydrogen) atoms. The number of benzene rings is 1. The monoisotopic (exact) mass is 304 g/mol. The minimum absolute atomic E-state index is 0.0821. The van der Waals surface area contributed by atoms with Crippen molar-refractivity contribution >= 4 is 6.03 Å². The highest BCUT2D eigenvalue weighted by Gasteiger charge is 2.16. The molecule has 0 spiro atoms. The highest BCUT2D eigenvalue weighted by atomic mass is 16.5. The molecule has 1 aromatic rings. The van der Waals surface area contributed by atoms with Gasteiger partial charge in [0.1, 0.15) is 5.75 Å². The van der Waals surface area contributed by atoms with Crippen molar-refractivity contribution in [3.8, 4) is 5.75 Å². The molecule has 0 saturated heterocycles. The standard InChI is InChI=1S/C18H28N2O2/c1-13-8-9-17(22-3)16(12-13)14(2)20-18(21)19-11-10-15-6-4-5-7-15/h8-9,12,14-15H,4-7,10-11H2,1-3H3,(H2,19,20,21)/t14-/m0/s1. The Bertz CT molecular complexity index is 496. The van der Waals surface area contributed by atoms with Gasteiger partial charge in [0.25, 0.3) is 0 Å². The summed E-state index contributed by atoms with van der Waals surface area (Å²) in [4.78, 5) is 12.0. The van der Waals surface area contributed by atoms with Crippen molar-refractivity contribution in [3.63, 3.8) is 0 Å². The minimum atomic E-state index is -0.103. The Kier molecular flexibility index (Phi) is 6.10. The highest BCUT2D eigenvalue weighted by molar-refractivity contribution is 5.74. The van der Waals surface area contributed by atoms with Gasteiger partial charge in [-0.15, -0.1) is 0 Å². The summed E-state index contributed by atoms with van der Waals surface area (Å²) >= 11 is 0. The second-order valence-electron chi connectivity index (χ2n) is 6.31. The molecule has 0 bridgehead atoms. The van der Waals surface area contributed by atoms with Crippen molar-refractivity contribution in [3.05, 3.63) is 29.3 Å². The molecule has 0 aromatic heterocycles. The van der Waals surface area contributed by atoms with Gasteiger partial charge in [-0.05, 0) is 32.3 Å². The van der Waals surface area contributed by atoms with E-state index in [2.05, 4.69) is 16.7 Å². The van der Waals surface area contributed by atoms with Gasteiger partial charge >= 0.3 is 6.03 Å². The Balaban J connectivity index is 1.81. The number of rotatable bonds is 6. The van der Waals surface area contributed by atoms with Crippen LogP contribution < -0.4 is 15.4 Å². The molecule has 1 aromatic carbocycles. The molecule has 1 aliphatic rings. The van der Waals surface area contributed by atoms with Crippen LogP contribution in [0.15, 0.2) is 18.2 Å². The average molecular weight is 304 g/mol. The lowest BCUT2D eigenvalue weighted by atomic mass is 10.0. The van der Waals surface area contributed by atoms with E-state index in [0.29, 0.717) is 0 Å². The van der Waals surface area contributed by atoms with Gasteiger partial charge in [-0.3, -0.25) is 0 Å². The first-order valence-electron chi connectivity index (χ1n) is 8.29. The Labute approximate surface area is 133 Å². The summed E-state index contributed by atoms with van der Waals surface area (Å²) in [5, 5.41) is 5.96. The molecule has 2 N–H and O–H groups in total. The summed E-state index contributed by atoms with van der Waals surface area (Å²) in [7, 11) is 1.66. The number of methoxy groups -OCH3 is 1. The van der Waals surface area contributed by atoms with Crippen molar-refractivity contribution < 1.29 is 9.53 Å². The van der Waals surface area contributed by atoms with Gasteiger partial charge in [0.05, 0.1) is 13.2 Å². The number of carbonyl (C=O) groups excluding carboxylic acids is 1. The van der Waals surface area contributed by atoms with Crippen LogP contribution >= 0.6 is 0 Å². The molecule has 1 atom stereocenters. The van der Waals surface area contributed by atoms with Crippen LogP contribution in [0.5, 0.6) is 5.75 Å². The first-order valence-corrected chi connectivity index (χ1v) is 8.29. The van der Waals surface area contributed by atoms with Crippen LogP contribution in [-0.2, 0) is 0 Å². The Morgan fingerprint density at radius 3 is 2.77 bits per heavy atom. The van der Waals surface area contributed by atoms with E-state index in [1.165, 1.54) is 25.7 Å². The third kappa shape index (κ3) is 4.65. The van der Waals surface area contributed by atoms with Gasteiger partial charge in [-0.2, -0.15) is 0 Å². The highest BCUT2D eigenvalue weighted by Crippen LogP contribution is 2.27. The zero-order chi connectivity index (χ0) is 15.9. The fourth-order valence-corrected chi connectivity index (χ4v) is 3.21. The fraction of sp³-hybridized carbons (Fsp3) is 0.611. The molecule has 1 fully saturated rings. The van der Waals surface area contributed by atoms with E-state index in [1.54, 1.807) is 7.11 Å². The number of hydrogen-bond acceptors (Lipinski definition) is 2. The normalized spacial score (nSPS) is 16.3. The summed E-state index contributed by atoms with van der Waals surface area (Å²) in [5.74, 6) is 1.61. The van der Waals surface area contributed by atoms with Crippen molar-refractivity contribution in [2.45, 2.75) is 52.0 Å². The van der Waals surface area contributed by atoms with E-state index in [0.717, 1.165) is 35.8 Å². The van der Waals surface area contributed by atoms with Crippen LogP contribution in [0.3, 0.4) is 0 Å². The van der Waals surface area contributed by atoms with Gasteiger partial charge < -0.3 is 15.4 Å². The lowest BCUT2D eigenvalue weighted by Gasteiger charge is -2.18. The molecular formula is C18H28N2O2. The Morgan fingerprint density at radius 2 is 2.09 bits per heavy atom. The second kappa shape index (κ2) is 8.06. The molecule has 0 radical (unpaired) electrons. The summed E-state index contributed by atoms with van der Waals surface area (Å²) in [6, 6.07) is 5.83. The molecule has 2 amide bonds. The molecule has 4 nitrogen and oxygen atoms in total. The maximum Gasteiger partial charge on any atom is 0.315 e. The fourth-order valence-electron chi connectivity index (χ4n) is 3.21. The van der Waals surface area contributed by atoms with Crippen molar-refractivity contribution in [2.24, 2.45) is 5.92 Å². The number of urea groups is 1. The zero-order valence-electron chi connectivity index (χ0n) is 13.9. The number of hydrogen-bond donors (Lipinski definition) is 2. The number of nitrogens with one attached hydrogen (secondary N) is 2. The van der Waals surface area contributed by atoms with Gasteiger partial charge in [0.2, 0.25) is 0 Å². The van der Waals surface area contributed by atoms with Crippen LogP contribution in [0.4, 0.5) is 4.79 Å². The van der Waals surface area contributed by atoms with Crippen LogP contribution in [0.2, 0.25) is 0 Å². The SMILES string of the molecule is COc1ccc(C)cc1[C@H](C)NC(=O)NCCC1CCCC1. The van der Waals surface area contributed by atoms with E-state index in [-0.39, 0.29) is 12.1 Å². The van der Waals surface area contributed by atoms with E-state index in [1.807, 2.05) is 26.0 Å². The average Bonchev–Trinajstić information content (AvgIpc) is 3.00. The summed E-state index contributed by atoms with van der Waals surface area (Å²) < 4.78 is 5.38. The molecule has 0 unspecified atom stereocenters. The molecule has 1 saturated carbocycles. The largest absolute Gasteiger partial charge is 0.496 e. The maximum absolute atomic E-state index is 12.0. The van der Waals surface area contributed by atoms with Gasteiger partial charge in [0.15, 0.2) is 0 Å². The van der Waals surface area contributed by atoms with E-state index >= 15 is 0 Å². The van der Waals surface area contributed by atoms with E-state index < -0.39 is 0 Å². The third-order valence-electron chi connectivity index (χ3n) is 4.51. The Morgan fingerprint density at radius 1 is 1.36 bits per heavy atom. The van der Waals surface area contributed by atoms with Gasteiger partial charge in [0, 0.05) is 12.1 Å². The number of carbonyl (C=O) groups is 1.